The van der Waals surface area contributed by atoms with Crippen molar-refractivity contribution < 1.29 is 4.74 Å². The van der Waals surface area contributed by atoms with Gasteiger partial charge in [0.05, 0.1) is 12.1 Å². The minimum absolute atomic E-state index is 0.147. The summed E-state index contributed by atoms with van der Waals surface area (Å²) < 4.78 is 5.39. The summed E-state index contributed by atoms with van der Waals surface area (Å²) in [4.78, 5) is 0. The number of hydrogen-bond acceptors (Lipinski definition) is 2. The third kappa shape index (κ3) is 3.21. The molecular weight excluding hydrogens is 234 g/mol. The van der Waals surface area contributed by atoms with E-state index in [9.17, 15) is 0 Å². The molecule has 2 rings (SSSR count). The summed E-state index contributed by atoms with van der Waals surface area (Å²) in [6.45, 7) is 4.90. The Hall–Kier alpha value is -0.570. The minimum atomic E-state index is -0.147. The molecule has 2 nitrogen and oxygen atoms in total. The molecule has 0 amide bonds. The van der Waals surface area contributed by atoms with Gasteiger partial charge in [-0.05, 0) is 24.8 Å². The first-order valence-electron chi connectivity index (χ1n) is 6.19. The van der Waals surface area contributed by atoms with Crippen molar-refractivity contribution in [3.05, 3.63) is 35.9 Å². The fourth-order valence-corrected chi connectivity index (χ4v) is 2.40. The smallest absolute Gasteiger partial charge is 0.0543 e. The van der Waals surface area contributed by atoms with Crippen molar-refractivity contribution in [1.82, 2.24) is 5.32 Å². The van der Waals surface area contributed by atoms with Gasteiger partial charge in [-0.15, -0.1) is 11.6 Å². The molecule has 1 saturated heterocycles. The van der Waals surface area contributed by atoms with Crippen LogP contribution in [0.25, 0.3) is 0 Å². The molecular formula is C14H20ClNO. The van der Waals surface area contributed by atoms with Crippen LogP contribution in [0.4, 0.5) is 0 Å². The van der Waals surface area contributed by atoms with E-state index >= 15 is 0 Å². The average molecular weight is 254 g/mol. The highest BCUT2D eigenvalue weighted by atomic mass is 35.5. The lowest BCUT2D eigenvalue weighted by Crippen LogP contribution is -2.43. The molecule has 1 aliphatic heterocycles. The van der Waals surface area contributed by atoms with Gasteiger partial charge in [0.25, 0.3) is 0 Å². The molecule has 1 heterocycles. The number of nitrogens with one attached hydrogen (secondary N) is 1. The number of alkyl halides is 1. The van der Waals surface area contributed by atoms with Gasteiger partial charge in [-0.3, -0.25) is 0 Å². The Labute approximate surface area is 108 Å². The van der Waals surface area contributed by atoms with Gasteiger partial charge in [0.2, 0.25) is 0 Å². The van der Waals surface area contributed by atoms with E-state index in [-0.39, 0.29) is 5.54 Å². The molecule has 0 radical (unpaired) electrons. The highest BCUT2D eigenvalue weighted by Gasteiger charge is 2.26. The zero-order valence-electron chi connectivity index (χ0n) is 10.3. The molecule has 1 aromatic rings. The number of rotatable bonds is 5. The van der Waals surface area contributed by atoms with Crippen molar-refractivity contribution in [2.45, 2.75) is 18.9 Å². The van der Waals surface area contributed by atoms with Crippen LogP contribution in [-0.4, -0.2) is 25.6 Å². The zero-order chi connectivity index (χ0) is 12.1. The van der Waals surface area contributed by atoms with Crippen LogP contribution in [0.5, 0.6) is 0 Å². The van der Waals surface area contributed by atoms with Gasteiger partial charge in [0, 0.05) is 19.0 Å². The number of hydrogen-bond donors (Lipinski definition) is 1. The molecule has 17 heavy (non-hydrogen) atoms. The lowest BCUT2D eigenvalue weighted by Gasteiger charge is -2.30. The summed E-state index contributed by atoms with van der Waals surface area (Å²) in [5.41, 5.74) is 1.10. The van der Waals surface area contributed by atoms with Crippen LogP contribution in [0.2, 0.25) is 0 Å². The molecule has 2 atom stereocenters. The van der Waals surface area contributed by atoms with Crippen molar-refractivity contribution in [3.63, 3.8) is 0 Å². The van der Waals surface area contributed by atoms with Crippen LogP contribution in [0, 0.1) is 5.92 Å². The SMILES string of the molecule is CC(CCl)(NCC1CCOC1)c1ccccc1. The van der Waals surface area contributed by atoms with E-state index in [4.69, 9.17) is 16.3 Å². The summed E-state index contributed by atoms with van der Waals surface area (Å²) in [6, 6.07) is 10.4. The summed E-state index contributed by atoms with van der Waals surface area (Å²) in [7, 11) is 0. The van der Waals surface area contributed by atoms with Crippen molar-refractivity contribution in [3.8, 4) is 0 Å². The molecule has 0 bridgehead atoms. The van der Waals surface area contributed by atoms with Crippen LogP contribution in [0.15, 0.2) is 30.3 Å². The molecule has 1 aliphatic rings. The molecule has 3 heteroatoms. The lowest BCUT2D eigenvalue weighted by atomic mass is 9.93. The Morgan fingerprint density at radius 2 is 2.18 bits per heavy atom. The van der Waals surface area contributed by atoms with E-state index < -0.39 is 0 Å². The van der Waals surface area contributed by atoms with Crippen molar-refractivity contribution >= 4 is 11.6 Å². The number of benzene rings is 1. The second kappa shape index (κ2) is 5.85. The van der Waals surface area contributed by atoms with Gasteiger partial charge in [-0.2, -0.15) is 0 Å². The maximum absolute atomic E-state index is 6.13. The summed E-state index contributed by atoms with van der Waals surface area (Å²) >= 11 is 6.13. The molecule has 0 aliphatic carbocycles. The molecule has 1 N–H and O–H groups in total. The van der Waals surface area contributed by atoms with Gasteiger partial charge < -0.3 is 10.1 Å². The van der Waals surface area contributed by atoms with E-state index in [1.54, 1.807) is 0 Å². The van der Waals surface area contributed by atoms with E-state index in [2.05, 4.69) is 36.5 Å². The van der Waals surface area contributed by atoms with Crippen molar-refractivity contribution in [2.24, 2.45) is 5.92 Å². The quantitative estimate of drug-likeness (QED) is 0.815. The highest BCUT2D eigenvalue weighted by Crippen LogP contribution is 2.23. The fraction of sp³-hybridized carbons (Fsp3) is 0.571. The van der Waals surface area contributed by atoms with Crippen molar-refractivity contribution in [1.29, 1.82) is 0 Å². The zero-order valence-corrected chi connectivity index (χ0v) is 11.0. The van der Waals surface area contributed by atoms with Crippen LogP contribution in [-0.2, 0) is 10.3 Å². The average Bonchev–Trinajstić information content (AvgIpc) is 2.90. The van der Waals surface area contributed by atoms with Crippen LogP contribution in [0.1, 0.15) is 18.9 Å². The summed E-state index contributed by atoms with van der Waals surface area (Å²) in [6.07, 6.45) is 1.15. The van der Waals surface area contributed by atoms with Crippen LogP contribution in [0.3, 0.4) is 0 Å². The van der Waals surface area contributed by atoms with E-state index in [0.717, 1.165) is 26.2 Å². The Morgan fingerprint density at radius 3 is 2.76 bits per heavy atom. The molecule has 0 spiro atoms. The normalized spacial score (nSPS) is 23.5. The first kappa shape index (κ1) is 12.9. The number of ether oxygens (including phenoxy) is 1. The molecule has 0 aromatic heterocycles. The Bertz CT molecular complexity index is 337. The topological polar surface area (TPSA) is 21.3 Å². The second-order valence-electron chi connectivity index (χ2n) is 4.94. The first-order chi connectivity index (χ1) is 8.24. The third-order valence-corrected chi connectivity index (χ3v) is 4.02. The van der Waals surface area contributed by atoms with Gasteiger partial charge in [-0.1, -0.05) is 30.3 Å². The monoisotopic (exact) mass is 253 g/mol. The Balaban J connectivity index is 1.98. The molecule has 1 aromatic carbocycles. The summed E-state index contributed by atoms with van der Waals surface area (Å²) in [5, 5.41) is 3.59. The molecule has 0 saturated carbocycles. The van der Waals surface area contributed by atoms with Crippen molar-refractivity contribution in [2.75, 3.05) is 25.6 Å². The minimum Gasteiger partial charge on any atom is -0.381 e. The third-order valence-electron chi connectivity index (χ3n) is 3.48. The molecule has 94 valence electrons. The predicted molar refractivity (Wildman–Crippen MR) is 71.4 cm³/mol. The van der Waals surface area contributed by atoms with E-state index in [0.29, 0.717) is 11.8 Å². The predicted octanol–water partition coefficient (Wildman–Crippen LogP) is 2.77. The Kier molecular flexibility index (Phi) is 4.43. The molecule has 2 unspecified atom stereocenters. The van der Waals surface area contributed by atoms with Crippen LogP contribution >= 0.6 is 11.6 Å². The maximum atomic E-state index is 6.13. The highest BCUT2D eigenvalue weighted by molar-refractivity contribution is 6.18. The second-order valence-corrected chi connectivity index (χ2v) is 5.21. The van der Waals surface area contributed by atoms with E-state index in [1.807, 2.05) is 6.07 Å². The van der Waals surface area contributed by atoms with Gasteiger partial charge in [-0.25, -0.2) is 0 Å². The standard InChI is InChI=1S/C14H20ClNO/c1-14(11-15,13-5-3-2-4-6-13)16-9-12-7-8-17-10-12/h2-6,12,16H,7-11H2,1H3. The Morgan fingerprint density at radius 1 is 1.41 bits per heavy atom. The summed E-state index contributed by atoms with van der Waals surface area (Å²) in [5.74, 6) is 1.20. The van der Waals surface area contributed by atoms with Gasteiger partial charge >= 0.3 is 0 Å². The fourth-order valence-electron chi connectivity index (χ4n) is 2.15. The van der Waals surface area contributed by atoms with E-state index in [1.165, 1.54) is 5.56 Å². The largest absolute Gasteiger partial charge is 0.381 e. The number of halogens is 1. The molecule has 1 fully saturated rings. The lowest BCUT2D eigenvalue weighted by molar-refractivity contribution is 0.183. The van der Waals surface area contributed by atoms with Crippen LogP contribution < -0.4 is 5.32 Å². The van der Waals surface area contributed by atoms with Gasteiger partial charge in [0.15, 0.2) is 0 Å². The first-order valence-corrected chi connectivity index (χ1v) is 6.72. The van der Waals surface area contributed by atoms with Gasteiger partial charge in [0.1, 0.15) is 0 Å². The maximum Gasteiger partial charge on any atom is 0.0543 e.